The van der Waals surface area contributed by atoms with Crippen LogP contribution in [0.4, 0.5) is 9.93 Å². The molecule has 2 atom stereocenters. The average molecular weight is 285 g/mol. The van der Waals surface area contributed by atoms with Gasteiger partial charge in [-0.15, -0.1) is 0 Å². The molecule has 2 rings (SSSR count). The van der Waals surface area contributed by atoms with Crippen molar-refractivity contribution in [3.8, 4) is 0 Å². The molecule has 0 spiro atoms. The summed E-state index contributed by atoms with van der Waals surface area (Å²) < 4.78 is 3.53. The van der Waals surface area contributed by atoms with Crippen molar-refractivity contribution in [2.75, 3.05) is 11.9 Å². The van der Waals surface area contributed by atoms with Gasteiger partial charge in [-0.25, -0.2) is 9.59 Å². The van der Waals surface area contributed by atoms with E-state index in [-0.39, 0.29) is 5.13 Å². The smallest absolute Gasteiger partial charge is 0.326 e. The minimum atomic E-state index is -0.969. The molecule has 0 aromatic carbocycles. The second-order valence-electron chi connectivity index (χ2n) is 4.44. The van der Waals surface area contributed by atoms with E-state index in [1.54, 1.807) is 0 Å². The molecule has 1 aromatic rings. The first-order valence-corrected chi connectivity index (χ1v) is 6.84. The van der Waals surface area contributed by atoms with Gasteiger partial charge in [0.2, 0.25) is 5.13 Å². The van der Waals surface area contributed by atoms with Crippen LogP contribution in [0.25, 0.3) is 0 Å². The molecule has 1 saturated heterocycles. The molecule has 2 amide bonds. The van der Waals surface area contributed by atoms with Crippen LogP contribution in [0, 0.1) is 5.92 Å². The number of piperidine rings is 1. The Kier molecular flexibility index (Phi) is 4.25. The van der Waals surface area contributed by atoms with Crippen molar-refractivity contribution in [2.45, 2.75) is 32.2 Å². The van der Waals surface area contributed by atoms with Crippen LogP contribution < -0.4 is 5.32 Å². The van der Waals surface area contributed by atoms with Crippen LogP contribution in [0.5, 0.6) is 0 Å². The highest BCUT2D eigenvalue weighted by molar-refractivity contribution is 7.09. The predicted octanol–water partition coefficient (Wildman–Crippen LogP) is 1.04. The number of likely N-dealkylation sites (tertiary alicyclic amines) is 1. The highest BCUT2D eigenvalue weighted by Crippen LogP contribution is 2.26. The van der Waals surface area contributed by atoms with Crippen LogP contribution in [-0.2, 0) is 4.79 Å². The first kappa shape index (κ1) is 13.7. The number of anilines is 1. The summed E-state index contributed by atoms with van der Waals surface area (Å²) in [5.74, 6) is -0.614. The predicted molar refractivity (Wildman–Crippen MR) is 67.9 cm³/mol. The first-order chi connectivity index (χ1) is 9.11. The van der Waals surface area contributed by atoms with E-state index in [1.807, 2.05) is 6.92 Å². The van der Waals surface area contributed by atoms with Gasteiger partial charge in [-0.1, -0.05) is 22.9 Å². The van der Waals surface area contributed by atoms with Gasteiger partial charge in [0, 0.05) is 18.1 Å². The number of nitrogens with one attached hydrogen (secondary N) is 1. The van der Waals surface area contributed by atoms with Gasteiger partial charge in [0.05, 0.1) is 0 Å². The number of carbonyl (C=O) groups is 2. The zero-order valence-corrected chi connectivity index (χ0v) is 11.3. The van der Waals surface area contributed by atoms with Crippen molar-refractivity contribution in [1.29, 1.82) is 0 Å². The molecule has 2 heterocycles. The molecule has 19 heavy (non-hydrogen) atoms. The minimum Gasteiger partial charge on any atom is -0.480 e. The lowest BCUT2D eigenvalue weighted by Crippen LogP contribution is -2.51. The zero-order chi connectivity index (χ0) is 13.8. The molecule has 0 aliphatic carbocycles. The lowest BCUT2D eigenvalue weighted by molar-refractivity contribution is -0.143. The standard InChI is InChI=1S/C10H15N5O3S/c1-2-6-3-4-15(7(5-6)8(16)17)10(18)11-9-12-13-14-19-9/h6-7H,2-5H2,1H3,(H,16,17)(H,11,12,14,18). The van der Waals surface area contributed by atoms with Crippen molar-refractivity contribution in [3.63, 3.8) is 0 Å². The highest BCUT2D eigenvalue weighted by atomic mass is 32.1. The number of aromatic nitrogens is 3. The third kappa shape index (κ3) is 3.16. The third-order valence-electron chi connectivity index (χ3n) is 3.35. The number of hydrogen-bond acceptors (Lipinski definition) is 6. The molecule has 9 heteroatoms. The molecule has 1 aromatic heterocycles. The summed E-state index contributed by atoms with van der Waals surface area (Å²) in [4.78, 5) is 24.7. The van der Waals surface area contributed by atoms with Crippen LogP contribution in [0.1, 0.15) is 26.2 Å². The van der Waals surface area contributed by atoms with Crippen LogP contribution in [0.2, 0.25) is 0 Å². The molecular formula is C10H15N5O3S. The number of carboxylic acid groups (broad SMARTS) is 1. The molecule has 0 bridgehead atoms. The van der Waals surface area contributed by atoms with Gasteiger partial charge in [-0.2, -0.15) is 0 Å². The Hall–Kier alpha value is -1.77. The number of carboxylic acids is 1. The second kappa shape index (κ2) is 5.91. The largest absolute Gasteiger partial charge is 0.480 e. The number of urea groups is 1. The molecule has 0 saturated carbocycles. The summed E-state index contributed by atoms with van der Waals surface area (Å²) in [5.41, 5.74) is 0. The average Bonchev–Trinajstić information content (AvgIpc) is 2.90. The summed E-state index contributed by atoms with van der Waals surface area (Å²) in [6, 6.07) is -1.24. The second-order valence-corrected chi connectivity index (χ2v) is 5.18. The van der Waals surface area contributed by atoms with E-state index < -0.39 is 18.0 Å². The van der Waals surface area contributed by atoms with Gasteiger partial charge in [-0.05, 0) is 24.0 Å². The Labute approximate surface area is 114 Å². The van der Waals surface area contributed by atoms with Crippen LogP contribution in [0.15, 0.2) is 0 Å². The van der Waals surface area contributed by atoms with E-state index in [0.29, 0.717) is 18.9 Å². The zero-order valence-electron chi connectivity index (χ0n) is 10.4. The van der Waals surface area contributed by atoms with Crippen molar-refractivity contribution in [2.24, 2.45) is 5.92 Å². The maximum Gasteiger partial charge on any atom is 0.326 e. The number of rotatable bonds is 3. The van der Waals surface area contributed by atoms with Gasteiger partial charge in [-0.3, -0.25) is 5.32 Å². The summed E-state index contributed by atoms with van der Waals surface area (Å²) in [5, 5.41) is 19.0. The van der Waals surface area contributed by atoms with Crippen molar-refractivity contribution < 1.29 is 14.7 Å². The van der Waals surface area contributed by atoms with Crippen LogP contribution in [0.3, 0.4) is 0 Å². The summed E-state index contributed by atoms with van der Waals surface area (Å²) in [6.07, 6.45) is 2.25. The normalized spacial score (nSPS) is 23.1. The van der Waals surface area contributed by atoms with Gasteiger partial charge in [0.25, 0.3) is 0 Å². The number of aliphatic carboxylic acids is 1. The number of amides is 2. The fraction of sp³-hybridized carbons (Fsp3) is 0.700. The quantitative estimate of drug-likeness (QED) is 0.859. The fourth-order valence-corrected chi connectivity index (χ4v) is 2.59. The summed E-state index contributed by atoms with van der Waals surface area (Å²) >= 11 is 0.952. The number of carbonyl (C=O) groups excluding carboxylic acids is 1. The minimum absolute atomic E-state index is 0.270. The molecule has 8 nitrogen and oxygen atoms in total. The topological polar surface area (TPSA) is 108 Å². The van der Waals surface area contributed by atoms with E-state index in [4.69, 9.17) is 0 Å². The maximum atomic E-state index is 12.0. The van der Waals surface area contributed by atoms with Crippen molar-refractivity contribution in [3.05, 3.63) is 0 Å². The molecule has 104 valence electrons. The summed E-state index contributed by atoms with van der Waals surface area (Å²) in [7, 11) is 0. The highest BCUT2D eigenvalue weighted by Gasteiger charge is 2.35. The molecule has 0 radical (unpaired) electrons. The Balaban J connectivity index is 2.04. The van der Waals surface area contributed by atoms with Crippen molar-refractivity contribution in [1.82, 2.24) is 19.7 Å². The SMILES string of the molecule is CCC1CCN(C(=O)Nc2nnns2)C(C(=O)O)C1. The van der Waals surface area contributed by atoms with E-state index in [0.717, 1.165) is 24.4 Å². The van der Waals surface area contributed by atoms with Gasteiger partial charge in [0.15, 0.2) is 0 Å². The summed E-state index contributed by atoms with van der Waals surface area (Å²) in [6.45, 7) is 2.47. The maximum absolute atomic E-state index is 12.0. The Morgan fingerprint density at radius 1 is 1.58 bits per heavy atom. The van der Waals surface area contributed by atoms with E-state index in [1.165, 1.54) is 4.90 Å². The lowest BCUT2D eigenvalue weighted by atomic mass is 9.89. The molecular weight excluding hydrogens is 270 g/mol. The number of nitrogens with zero attached hydrogens (tertiary/aromatic N) is 4. The van der Waals surface area contributed by atoms with Gasteiger partial charge < -0.3 is 10.0 Å². The molecule has 1 aliphatic rings. The fourth-order valence-electron chi connectivity index (χ4n) is 2.23. The lowest BCUT2D eigenvalue weighted by Gasteiger charge is -2.36. The van der Waals surface area contributed by atoms with E-state index in [2.05, 4.69) is 20.1 Å². The molecule has 1 aliphatic heterocycles. The molecule has 2 unspecified atom stereocenters. The van der Waals surface area contributed by atoms with Crippen LogP contribution >= 0.6 is 11.5 Å². The first-order valence-electron chi connectivity index (χ1n) is 6.07. The van der Waals surface area contributed by atoms with Crippen LogP contribution in [-0.4, -0.2) is 49.4 Å². The number of hydrogen-bond donors (Lipinski definition) is 2. The van der Waals surface area contributed by atoms with Crippen molar-refractivity contribution >= 4 is 28.7 Å². The van der Waals surface area contributed by atoms with Gasteiger partial charge >= 0.3 is 12.0 Å². The Morgan fingerprint density at radius 2 is 2.37 bits per heavy atom. The monoisotopic (exact) mass is 285 g/mol. The van der Waals surface area contributed by atoms with E-state index >= 15 is 0 Å². The molecule has 2 N–H and O–H groups in total. The third-order valence-corrected chi connectivity index (χ3v) is 3.86. The van der Waals surface area contributed by atoms with Gasteiger partial charge in [0.1, 0.15) is 6.04 Å². The Morgan fingerprint density at radius 3 is 2.95 bits per heavy atom. The van der Waals surface area contributed by atoms with E-state index in [9.17, 15) is 14.7 Å². The molecule has 1 fully saturated rings. The Bertz CT molecular complexity index is 452.